The summed E-state index contributed by atoms with van der Waals surface area (Å²) >= 11 is 0. The fraction of sp³-hybridized carbons (Fsp3) is 0.700. The van der Waals surface area contributed by atoms with E-state index in [1.807, 2.05) is 0 Å². The molecule has 1 saturated carbocycles. The van der Waals surface area contributed by atoms with Gasteiger partial charge in [-0.3, -0.25) is 0 Å². The molecule has 0 aliphatic heterocycles. The summed E-state index contributed by atoms with van der Waals surface area (Å²) in [5.74, 6) is 2.44. The van der Waals surface area contributed by atoms with Crippen LogP contribution in [0, 0.1) is 17.8 Å². The van der Waals surface area contributed by atoms with Crippen molar-refractivity contribution in [1.29, 1.82) is 0 Å². The zero-order valence-electron chi connectivity index (χ0n) is 14.3. The van der Waals surface area contributed by atoms with E-state index < -0.39 is 0 Å². The topological polar surface area (TPSA) is 12.0 Å². The lowest BCUT2D eigenvalue weighted by molar-refractivity contribution is 0.191. The Morgan fingerprint density at radius 3 is 2.29 bits per heavy atom. The van der Waals surface area contributed by atoms with Gasteiger partial charge >= 0.3 is 0 Å². The van der Waals surface area contributed by atoms with E-state index in [0.717, 1.165) is 17.8 Å². The molecule has 0 heterocycles. The SMILES string of the molecule is CCC(CC)C(NC1CCC(C)CC1C)c1ccccc1. The molecule has 0 saturated heterocycles. The maximum atomic E-state index is 4.04. The van der Waals surface area contributed by atoms with Gasteiger partial charge < -0.3 is 5.32 Å². The lowest BCUT2D eigenvalue weighted by Gasteiger charge is -2.38. The maximum Gasteiger partial charge on any atom is 0.0350 e. The molecule has 0 aromatic heterocycles. The third-order valence-corrected chi connectivity index (χ3v) is 5.50. The van der Waals surface area contributed by atoms with Gasteiger partial charge in [0.05, 0.1) is 0 Å². The van der Waals surface area contributed by atoms with Gasteiger partial charge in [-0.2, -0.15) is 0 Å². The molecular formula is C20H33N. The molecule has 0 radical (unpaired) electrons. The summed E-state index contributed by atoms with van der Waals surface area (Å²) in [6.45, 7) is 9.50. The van der Waals surface area contributed by atoms with Gasteiger partial charge in [-0.1, -0.05) is 70.9 Å². The van der Waals surface area contributed by atoms with E-state index in [4.69, 9.17) is 0 Å². The lowest BCUT2D eigenvalue weighted by atomic mass is 9.78. The predicted octanol–water partition coefficient (Wildman–Crippen LogP) is 5.58. The molecule has 4 atom stereocenters. The van der Waals surface area contributed by atoms with Gasteiger partial charge in [0, 0.05) is 12.1 Å². The van der Waals surface area contributed by atoms with Crippen molar-refractivity contribution in [2.75, 3.05) is 0 Å². The van der Waals surface area contributed by atoms with Gasteiger partial charge in [0.25, 0.3) is 0 Å². The number of hydrogen-bond donors (Lipinski definition) is 1. The molecule has 0 bridgehead atoms. The van der Waals surface area contributed by atoms with Gasteiger partial charge in [0.15, 0.2) is 0 Å². The van der Waals surface area contributed by atoms with E-state index in [1.54, 1.807) is 0 Å². The Morgan fingerprint density at radius 1 is 1.05 bits per heavy atom. The second kappa shape index (κ2) is 7.98. The first kappa shape index (κ1) is 16.5. The van der Waals surface area contributed by atoms with Gasteiger partial charge in [0.1, 0.15) is 0 Å². The Labute approximate surface area is 131 Å². The summed E-state index contributed by atoms with van der Waals surface area (Å²) in [7, 11) is 0. The number of benzene rings is 1. The summed E-state index contributed by atoms with van der Waals surface area (Å²) in [5, 5.41) is 4.04. The van der Waals surface area contributed by atoms with Gasteiger partial charge in [0.2, 0.25) is 0 Å². The minimum Gasteiger partial charge on any atom is -0.307 e. The normalized spacial score (nSPS) is 27.8. The van der Waals surface area contributed by atoms with Crippen LogP contribution in [0.5, 0.6) is 0 Å². The molecule has 21 heavy (non-hydrogen) atoms. The van der Waals surface area contributed by atoms with Crippen LogP contribution in [0.3, 0.4) is 0 Å². The van der Waals surface area contributed by atoms with Crippen molar-refractivity contribution in [1.82, 2.24) is 5.32 Å². The molecule has 1 fully saturated rings. The summed E-state index contributed by atoms with van der Waals surface area (Å²) in [6, 6.07) is 12.3. The first-order valence-electron chi connectivity index (χ1n) is 8.96. The van der Waals surface area contributed by atoms with Crippen LogP contribution < -0.4 is 5.32 Å². The fourth-order valence-corrected chi connectivity index (χ4v) is 4.07. The summed E-state index contributed by atoms with van der Waals surface area (Å²) in [5.41, 5.74) is 1.47. The molecule has 0 amide bonds. The van der Waals surface area contributed by atoms with Gasteiger partial charge in [-0.15, -0.1) is 0 Å². The monoisotopic (exact) mass is 287 g/mol. The van der Waals surface area contributed by atoms with Crippen molar-refractivity contribution in [3.05, 3.63) is 35.9 Å². The van der Waals surface area contributed by atoms with E-state index in [9.17, 15) is 0 Å². The highest BCUT2D eigenvalue weighted by Crippen LogP contribution is 2.33. The molecular weight excluding hydrogens is 254 g/mol. The number of hydrogen-bond acceptors (Lipinski definition) is 1. The molecule has 4 unspecified atom stereocenters. The minimum absolute atomic E-state index is 0.516. The van der Waals surface area contributed by atoms with Crippen LogP contribution in [-0.4, -0.2) is 6.04 Å². The van der Waals surface area contributed by atoms with Crippen molar-refractivity contribution in [3.8, 4) is 0 Å². The Balaban J connectivity index is 2.12. The van der Waals surface area contributed by atoms with Gasteiger partial charge in [-0.05, 0) is 42.6 Å². The standard InChI is InChI=1S/C20H33N/c1-5-17(6-2)20(18-10-8-7-9-11-18)21-19-13-12-15(3)14-16(19)4/h7-11,15-17,19-21H,5-6,12-14H2,1-4H3. The summed E-state index contributed by atoms with van der Waals surface area (Å²) < 4.78 is 0. The second-order valence-corrected chi connectivity index (χ2v) is 7.13. The molecule has 1 aromatic carbocycles. The maximum absolute atomic E-state index is 4.04. The highest BCUT2D eigenvalue weighted by Gasteiger charge is 2.29. The highest BCUT2D eigenvalue weighted by molar-refractivity contribution is 5.20. The number of rotatable bonds is 6. The molecule has 1 N–H and O–H groups in total. The number of nitrogens with one attached hydrogen (secondary N) is 1. The van der Waals surface area contributed by atoms with Crippen molar-refractivity contribution in [2.24, 2.45) is 17.8 Å². The van der Waals surface area contributed by atoms with Gasteiger partial charge in [-0.25, -0.2) is 0 Å². The Morgan fingerprint density at radius 2 is 1.71 bits per heavy atom. The molecule has 0 spiro atoms. The largest absolute Gasteiger partial charge is 0.307 e. The van der Waals surface area contributed by atoms with Crippen LogP contribution in [-0.2, 0) is 0 Å². The zero-order chi connectivity index (χ0) is 15.2. The summed E-state index contributed by atoms with van der Waals surface area (Å²) in [4.78, 5) is 0. The van der Waals surface area contributed by atoms with E-state index in [2.05, 4.69) is 63.3 Å². The Bertz CT molecular complexity index is 396. The smallest absolute Gasteiger partial charge is 0.0350 e. The average molecular weight is 287 g/mol. The third-order valence-electron chi connectivity index (χ3n) is 5.50. The van der Waals surface area contributed by atoms with Crippen LogP contribution in [0.15, 0.2) is 30.3 Å². The Kier molecular flexibility index (Phi) is 6.29. The minimum atomic E-state index is 0.516. The van der Waals surface area contributed by atoms with E-state index in [1.165, 1.54) is 37.7 Å². The van der Waals surface area contributed by atoms with Crippen LogP contribution in [0.2, 0.25) is 0 Å². The van der Waals surface area contributed by atoms with Crippen molar-refractivity contribution in [2.45, 2.75) is 71.9 Å². The van der Waals surface area contributed by atoms with Crippen molar-refractivity contribution in [3.63, 3.8) is 0 Å². The summed E-state index contributed by atoms with van der Waals surface area (Å²) in [6.07, 6.45) is 6.60. The first-order chi connectivity index (χ1) is 10.2. The molecule has 1 aromatic rings. The van der Waals surface area contributed by atoms with Crippen LogP contribution >= 0.6 is 0 Å². The zero-order valence-corrected chi connectivity index (χ0v) is 14.3. The van der Waals surface area contributed by atoms with Crippen molar-refractivity contribution < 1.29 is 0 Å². The Hall–Kier alpha value is -0.820. The second-order valence-electron chi connectivity index (χ2n) is 7.13. The molecule has 1 nitrogen and oxygen atoms in total. The molecule has 1 aliphatic carbocycles. The molecule has 118 valence electrons. The van der Waals surface area contributed by atoms with Crippen LogP contribution in [0.4, 0.5) is 0 Å². The lowest BCUT2D eigenvalue weighted by Crippen LogP contribution is -2.43. The van der Waals surface area contributed by atoms with E-state index in [0.29, 0.717) is 12.1 Å². The first-order valence-corrected chi connectivity index (χ1v) is 8.96. The molecule has 1 aliphatic rings. The van der Waals surface area contributed by atoms with E-state index >= 15 is 0 Å². The van der Waals surface area contributed by atoms with Crippen molar-refractivity contribution >= 4 is 0 Å². The third kappa shape index (κ3) is 4.32. The van der Waals surface area contributed by atoms with Crippen LogP contribution in [0.25, 0.3) is 0 Å². The van der Waals surface area contributed by atoms with E-state index in [-0.39, 0.29) is 0 Å². The predicted molar refractivity (Wildman–Crippen MR) is 92.4 cm³/mol. The molecule has 2 rings (SSSR count). The quantitative estimate of drug-likeness (QED) is 0.720. The average Bonchev–Trinajstić information content (AvgIpc) is 2.50. The fourth-order valence-electron chi connectivity index (χ4n) is 4.07. The molecule has 1 heteroatoms. The van der Waals surface area contributed by atoms with Crippen LogP contribution in [0.1, 0.15) is 71.4 Å². The highest BCUT2D eigenvalue weighted by atomic mass is 15.0.